The standard InChI is InChI=1S/C6H11N3O4/c1-9(3-5(11)12)6(13)8-2-4(7)10/h2-3H2,1H3,(H2,7,10)(H,8,13)(H,11,12). The maximum atomic E-state index is 10.9. The summed E-state index contributed by atoms with van der Waals surface area (Å²) < 4.78 is 0. The fourth-order valence-corrected chi connectivity index (χ4v) is 0.572. The molecule has 7 heteroatoms. The topological polar surface area (TPSA) is 113 Å². The van der Waals surface area contributed by atoms with E-state index in [1.54, 1.807) is 0 Å². The molecule has 0 radical (unpaired) electrons. The number of nitrogens with zero attached hydrogens (tertiary/aromatic N) is 1. The molecule has 4 N–H and O–H groups in total. The van der Waals surface area contributed by atoms with Crippen molar-refractivity contribution in [1.82, 2.24) is 10.2 Å². The van der Waals surface area contributed by atoms with Crippen molar-refractivity contribution in [3.05, 3.63) is 0 Å². The van der Waals surface area contributed by atoms with E-state index in [1.807, 2.05) is 0 Å². The van der Waals surface area contributed by atoms with E-state index in [2.05, 4.69) is 5.32 Å². The molecule has 0 saturated heterocycles. The quantitative estimate of drug-likeness (QED) is 0.484. The van der Waals surface area contributed by atoms with Gasteiger partial charge in [0.2, 0.25) is 5.91 Å². The van der Waals surface area contributed by atoms with Gasteiger partial charge in [0, 0.05) is 7.05 Å². The Labute approximate surface area is 74.5 Å². The Morgan fingerprint density at radius 2 is 2.00 bits per heavy atom. The lowest BCUT2D eigenvalue weighted by atomic mass is 10.5. The molecular weight excluding hydrogens is 178 g/mol. The summed E-state index contributed by atoms with van der Waals surface area (Å²) in [4.78, 5) is 32.2. The van der Waals surface area contributed by atoms with Gasteiger partial charge in [-0.1, -0.05) is 0 Å². The molecule has 0 atom stereocenters. The minimum atomic E-state index is -1.13. The Balaban J connectivity index is 3.82. The zero-order valence-electron chi connectivity index (χ0n) is 7.11. The molecule has 0 saturated carbocycles. The molecule has 0 rings (SSSR count). The van der Waals surface area contributed by atoms with Crippen molar-refractivity contribution in [2.24, 2.45) is 5.73 Å². The van der Waals surface area contributed by atoms with Crippen LogP contribution < -0.4 is 11.1 Å². The number of likely N-dealkylation sites (N-methyl/N-ethyl adjacent to an activating group) is 1. The molecule has 0 fully saturated rings. The molecular formula is C6H11N3O4. The summed E-state index contributed by atoms with van der Waals surface area (Å²) in [5, 5.41) is 10.4. The van der Waals surface area contributed by atoms with Gasteiger partial charge < -0.3 is 21.1 Å². The van der Waals surface area contributed by atoms with Crippen LogP contribution in [0.1, 0.15) is 0 Å². The molecule has 0 aliphatic carbocycles. The molecule has 0 bridgehead atoms. The average molecular weight is 189 g/mol. The lowest BCUT2D eigenvalue weighted by molar-refractivity contribution is -0.137. The summed E-state index contributed by atoms with van der Waals surface area (Å²) in [5.41, 5.74) is 4.75. The fourth-order valence-electron chi connectivity index (χ4n) is 0.572. The molecule has 0 unspecified atom stereocenters. The predicted octanol–water partition coefficient (Wildman–Crippen LogP) is -1.80. The molecule has 0 aliphatic rings. The average Bonchev–Trinajstić information content (AvgIpc) is 1.98. The van der Waals surface area contributed by atoms with Crippen molar-refractivity contribution in [2.45, 2.75) is 0 Å². The third-order valence-corrected chi connectivity index (χ3v) is 1.13. The van der Waals surface area contributed by atoms with E-state index in [1.165, 1.54) is 7.05 Å². The number of carboxylic acids is 1. The van der Waals surface area contributed by atoms with Crippen molar-refractivity contribution in [3.63, 3.8) is 0 Å². The van der Waals surface area contributed by atoms with E-state index < -0.39 is 24.5 Å². The van der Waals surface area contributed by atoms with Crippen molar-refractivity contribution in [2.75, 3.05) is 20.1 Å². The largest absolute Gasteiger partial charge is 0.480 e. The summed E-state index contributed by atoms with van der Waals surface area (Å²) in [6.45, 7) is -0.729. The highest BCUT2D eigenvalue weighted by molar-refractivity contribution is 5.84. The summed E-state index contributed by atoms with van der Waals surface area (Å²) in [5.74, 6) is -1.81. The van der Waals surface area contributed by atoms with Gasteiger partial charge in [0.05, 0.1) is 6.54 Å². The van der Waals surface area contributed by atoms with E-state index in [-0.39, 0.29) is 6.54 Å². The van der Waals surface area contributed by atoms with Crippen molar-refractivity contribution >= 4 is 17.9 Å². The molecule has 0 aromatic heterocycles. The van der Waals surface area contributed by atoms with Crippen LogP contribution in [0, 0.1) is 0 Å². The second-order valence-corrected chi connectivity index (χ2v) is 2.37. The number of carbonyl (C=O) groups is 3. The lowest BCUT2D eigenvalue weighted by Crippen LogP contribution is -2.43. The number of primary amides is 1. The SMILES string of the molecule is CN(CC(=O)O)C(=O)NCC(N)=O. The van der Waals surface area contributed by atoms with Gasteiger partial charge in [-0.25, -0.2) is 4.79 Å². The van der Waals surface area contributed by atoms with E-state index in [4.69, 9.17) is 10.8 Å². The van der Waals surface area contributed by atoms with Crippen LogP contribution in [0.15, 0.2) is 0 Å². The van der Waals surface area contributed by atoms with Crippen LogP contribution in [-0.2, 0) is 9.59 Å². The fraction of sp³-hybridized carbons (Fsp3) is 0.500. The Morgan fingerprint density at radius 3 is 2.38 bits per heavy atom. The van der Waals surface area contributed by atoms with Gasteiger partial charge in [0.1, 0.15) is 6.54 Å². The van der Waals surface area contributed by atoms with Gasteiger partial charge in [-0.15, -0.1) is 0 Å². The maximum absolute atomic E-state index is 10.9. The van der Waals surface area contributed by atoms with Crippen LogP contribution in [0.25, 0.3) is 0 Å². The van der Waals surface area contributed by atoms with Crippen LogP contribution >= 0.6 is 0 Å². The van der Waals surface area contributed by atoms with Gasteiger partial charge in [-0.05, 0) is 0 Å². The zero-order chi connectivity index (χ0) is 10.4. The first-order valence-electron chi connectivity index (χ1n) is 3.42. The third-order valence-electron chi connectivity index (χ3n) is 1.13. The number of hydrogen-bond acceptors (Lipinski definition) is 3. The number of carboxylic acid groups (broad SMARTS) is 1. The maximum Gasteiger partial charge on any atom is 0.323 e. The van der Waals surface area contributed by atoms with Crippen LogP contribution in [0.2, 0.25) is 0 Å². The summed E-state index contributed by atoms with van der Waals surface area (Å²) in [7, 11) is 1.30. The van der Waals surface area contributed by atoms with Crippen LogP contribution in [0.4, 0.5) is 4.79 Å². The van der Waals surface area contributed by atoms with Crippen molar-refractivity contribution in [1.29, 1.82) is 0 Å². The predicted molar refractivity (Wildman–Crippen MR) is 42.9 cm³/mol. The molecule has 0 heterocycles. The van der Waals surface area contributed by atoms with E-state index in [9.17, 15) is 14.4 Å². The first-order valence-corrected chi connectivity index (χ1v) is 3.42. The summed E-state index contributed by atoms with van der Waals surface area (Å²) in [6, 6.07) is -0.652. The summed E-state index contributed by atoms with van der Waals surface area (Å²) in [6.07, 6.45) is 0. The Morgan fingerprint density at radius 1 is 1.46 bits per heavy atom. The number of amides is 3. The monoisotopic (exact) mass is 189 g/mol. The normalized spacial score (nSPS) is 9.00. The van der Waals surface area contributed by atoms with Gasteiger partial charge >= 0.3 is 12.0 Å². The molecule has 3 amide bonds. The highest BCUT2D eigenvalue weighted by Gasteiger charge is 2.11. The van der Waals surface area contributed by atoms with Crippen molar-refractivity contribution < 1.29 is 19.5 Å². The minimum absolute atomic E-state index is 0.303. The second kappa shape index (κ2) is 4.96. The lowest BCUT2D eigenvalue weighted by Gasteiger charge is -2.14. The Hall–Kier alpha value is -1.79. The van der Waals surface area contributed by atoms with Crippen molar-refractivity contribution in [3.8, 4) is 0 Å². The van der Waals surface area contributed by atoms with Crippen LogP contribution in [-0.4, -0.2) is 48.1 Å². The van der Waals surface area contributed by atoms with Gasteiger partial charge in [0.25, 0.3) is 0 Å². The van der Waals surface area contributed by atoms with Gasteiger partial charge in [-0.3, -0.25) is 9.59 Å². The number of nitrogens with two attached hydrogens (primary N) is 1. The molecule has 0 aromatic rings. The van der Waals surface area contributed by atoms with E-state index in [0.29, 0.717) is 0 Å². The van der Waals surface area contributed by atoms with Crippen LogP contribution in [0.3, 0.4) is 0 Å². The summed E-state index contributed by atoms with van der Waals surface area (Å²) >= 11 is 0. The second-order valence-electron chi connectivity index (χ2n) is 2.37. The highest BCUT2D eigenvalue weighted by atomic mass is 16.4. The smallest absolute Gasteiger partial charge is 0.323 e. The number of rotatable bonds is 4. The number of aliphatic carboxylic acids is 1. The first kappa shape index (κ1) is 11.2. The number of urea groups is 1. The molecule has 0 aliphatic heterocycles. The highest BCUT2D eigenvalue weighted by Crippen LogP contribution is 1.82. The zero-order valence-corrected chi connectivity index (χ0v) is 7.11. The van der Waals surface area contributed by atoms with Gasteiger partial charge in [-0.2, -0.15) is 0 Å². The number of hydrogen-bond donors (Lipinski definition) is 3. The first-order chi connectivity index (χ1) is 5.93. The van der Waals surface area contributed by atoms with Crippen LogP contribution in [0.5, 0.6) is 0 Å². The molecule has 0 spiro atoms. The number of carbonyl (C=O) groups excluding carboxylic acids is 2. The molecule has 0 aromatic carbocycles. The minimum Gasteiger partial charge on any atom is -0.480 e. The molecule has 7 nitrogen and oxygen atoms in total. The van der Waals surface area contributed by atoms with Gasteiger partial charge in [0.15, 0.2) is 0 Å². The molecule has 74 valence electrons. The van der Waals surface area contributed by atoms with E-state index in [0.717, 1.165) is 4.90 Å². The number of nitrogens with one attached hydrogen (secondary N) is 1. The van der Waals surface area contributed by atoms with E-state index >= 15 is 0 Å². The Bertz CT molecular complexity index is 228. The third kappa shape index (κ3) is 5.48. The Kier molecular flexibility index (Phi) is 4.28. The molecule has 13 heavy (non-hydrogen) atoms.